The number of rotatable bonds is 9. The molecule has 0 bridgehead atoms. The summed E-state index contributed by atoms with van der Waals surface area (Å²) in [6, 6.07) is 17.2. The van der Waals surface area contributed by atoms with Crippen LogP contribution in [0.25, 0.3) is 0 Å². The summed E-state index contributed by atoms with van der Waals surface area (Å²) in [7, 11) is 0. The van der Waals surface area contributed by atoms with Crippen molar-refractivity contribution < 1.29 is 9.59 Å². The number of carbonyl (C=O) groups excluding carboxylic acids is 2. The van der Waals surface area contributed by atoms with Gasteiger partial charge in [0.1, 0.15) is 6.33 Å². The fraction of sp³-hybridized carbons (Fsp3) is 0.273. The van der Waals surface area contributed by atoms with Gasteiger partial charge in [-0.05, 0) is 38.0 Å². The number of hydrogen-bond donors (Lipinski definition) is 2. The Labute approximate surface area is 180 Å². The molecule has 0 spiro atoms. The first kappa shape index (κ1) is 21.6. The van der Waals surface area contributed by atoms with Gasteiger partial charge in [0.15, 0.2) is 5.16 Å². The number of hydrogen-bond acceptors (Lipinski definition) is 5. The third kappa shape index (κ3) is 5.93. The van der Waals surface area contributed by atoms with Crippen molar-refractivity contribution in [1.29, 1.82) is 0 Å². The highest BCUT2D eigenvalue weighted by Gasteiger charge is 2.15. The number of aromatic nitrogens is 3. The van der Waals surface area contributed by atoms with E-state index in [1.54, 1.807) is 30.6 Å². The zero-order valence-corrected chi connectivity index (χ0v) is 17.9. The van der Waals surface area contributed by atoms with Crippen LogP contribution in [-0.4, -0.2) is 38.9 Å². The molecule has 2 amide bonds. The van der Waals surface area contributed by atoms with Crippen LogP contribution in [0, 0.1) is 0 Å². The number of para-hydroxylation sites is 1. The second-order valence-electron chi connectivity index (χ2n) is 6.99. The molecule has 8 heteroatoms. The normalized spacial score (nSPS) is 10.8. The second kappa shape index (κ2) is 10.6. The largest absolute Gasteiger partial charge is 0.352 e. The number of amides is 2. The molecule has 1 heterocycles. The fourth-order valence-electron chi connectivity index (χ4n) is 2.86. The lowest BCUT2D eigenvalue weighted by atomic mass is 10.1. The number of nitrogens with zero attached hydrogens (tertiary/aromatic N) is 3. The van der Waals surface area contributed by atoms with Crippen molar-refractivity contribution in [3.63, 3.8) is 0 Å². The van der Waals surface area contributed by atoms with Gasteiger partial charge in [-0.2, -0.15) is 0 Å². The van der Waals surface area contributed by atoms with Gasteiger partial charge in [-0.25, -0.2) is 0 Å². The maximum Gasteiger partial charge on any atom is 0.253 e. The first-order valence-electron chi connectivity index (χ1n) is 9.78. The van der Waals surface area contributed by atoms with E-state index in [1.807, 2.05) is 48.7 Å². The molecule has 0 saturated carbocycles. The van der Waals surface area contributed by atoms with Crippen molar-refractivity contribution in [2.24, 2.45) is 0 Å². The molecule has 1 aromatic heterocycles. The van der Waals surface area contributed by atoms with Gasteiger partial charge in [-0.3, -0.25) is 9.59 Å². The van der Waals surface area contributed by atoms with Crippen LogP contribution in [-0.2, 0) is 11.2 Å². The number of carbonyl (C=O) groups is 2. The zero-order chi connectivity index (χ0) is 21.3. The quantitative estimate of drug-likeness (QED) is 0.514. The third-order valence-corrected chi connectivity index (χ3v) is 5.37. The molecule has 2 N–H and O–H groups in total. The van der Waals surface area contributed by atoms with Crippen molar-refractivity contribution in [2.45, 2.75) is 31.5 Å². The molecule has 0 atom stereocenters. The van der Waals surface area contributed by atoms with E-state index in [4.69, 9.17) is 0 Å². The Morgan fingerprint density at radius 2 is 1.80 bits per heavy atom. The van der Waals surface area contributed by atoms with E-state index in [0.29, 0.717) is 23.0 Å². The maximum absolute atomic E-state index is 12.6. The average Bonchev–Trinajstić information content (AvgIpc) is 3.22. The molecule has 7 nitrogen and oxygen atoms in total. The molecule has 3 rings (SSSR count). The Morgan fingerprint density at radius 1 is 1.07 bits per heavy atom. The Balaban J connectivity index is 1.55. The van der Waals surface area contributed by atoms with Crippen molar-refractivity contribution in [3.8, 4) is 0 Å². The van der Waals surface area contributed by atoms with Crippen molar-refractivity contribution in [2.75, 3.05) is 17.6 Å². The van der Waals surface area contributed by atoms with Crippen LogP contribution in [0.15, 0.2) is 66.1 Å². The van der Waals surface area contributed by atoms with Gasteiger partial charge in [-0.15, -0.1) is 10.2 Å². The van der Waals surface area contributed by atoms with E-state index < -0.39 is 0 Å². The van der Waals surface area contributed by atoms with Crippen LogP contribution in [0.1, 0.15) is 35.8 Å². The summed E-state index contributed by atoms with van der Waals surface area (Å²) in [5.74, 6) is -0.244. The van der Waals surface area contributed by atoms with Crippen LogP contribution in [0.5, 0.6) is 0 Å². The minimum Gasteiger partial charge on any atom is -0.352 e. The summed E-state index contributed by atoms with van der Waals surface area (Å²) >= 11 is 1.31. The van der Waals surface area contributed by atoms with Gasteiger partial charge in [0.05, 0.1) is 17.0 Å². The van der Waals surface area contributed by atoms with Gasteiger partial charge >= 0.3 is 0 Å². The van der Waals surface area contributed by atoms with E-state index in [1.165, 1.54) is 11.8 Å². The molecule has 0 saturated heterocycles. The van der Waals surface area contributed by atoms with Crippen LogP contribution < -0.4 is 10.6 Å². The number of benzene rings is 2. The van der Waals surface area contributed by atoms with Crippen molar-refractivity contribution in [3.05, 3.63) is 72.1 Å². The van der Waals surface area contributed by atoms with Crippen LogP contribution in [0.4, 0.5) is 5.69 Å². The summed E-state index contributed by atoms with van der Waals surface area (Å²) in [5, 5.41) is 14.4. The minimum atomic E-state index is -0.214. The molecule has 3 aromatic rings. The predicted molar refractivity (Wildman–Crippen MR) is 119 cm³/mol. The summed E-state index contributed by atoms with van der Waals surface area (Å²) in [6.07, 6.45) is 2.40. The lowest BCUT2D eigenvalue weighted by molar-refractivity contribution is -0.113. The summed E-state index contributed by atoms with van der Waals surface area (Å²) in [5.41, 5.74) is 2.09. The van der Waals surface area contributed by atoms with Crippen LogP contribution >= 0.6 is 11.8 Å². The molecule has 0 fully saturated rings. The molecule has 0 aliphatic rings. The molecular formula is C22H25N5O2S. The molecule has 156 valence electrons. The first-order valence-corrected chi connectivity index (χ1v) is 10.8. The molecule has 2 aromatic carbocycles. The SMILES string of the molecule is CC(C)n1cnnc1SCC(=O)Nc1ccccc1C(=O)NCCc1ccccc1. The monoisotopic (exact) mass is 423 g/mol. The maximum atomic E-state index is 12.6. The third-order valence-electron chi connectivity index (χ3n) is 4.42. The Hall–Kier alpha value is -3.13. The summed E-state index contributed by atoms with van der Waals surface area (Å²) in [4.78, 5) is 25.1. The Morgan fingerprint density at radius 3 is 2.57 bits per heavy atom. The number of anilines is 1. The van der Waals surface area contributed by atoms with Crippen LogP contribution in [0.2, 0.25) is 0 Å². The standard InChI is InChI=1S/C22H25N5O2S/c1-16(2)27-15-24-26-22(27)30-14-20(28)25-19-11-7-6-10-18(19)21(29)23-13-12-17-8-4-3-5-9-17/h3-11,15-16H,12-14H2,1-2H3,(H,23,29)(H,25,28). The van der Waals surface area contributed by atoms with E-state index in [0.717, 1.165) is 12.0 Å². The average molecular weight is 424 g/mol. The highest BCUT2D eigenvalue weighted by molar-refractivity contribution is 7.99. The molecule has 30 heavy (non-hydrogen) atoms. The summed E-state index contributed by atoms with van der Waals surface area (Å²) in [6.45, 7) is 4.58. The number of nitrogens with one attached hydrogen (secondary N) is 2. The van der Waals surface area contributed by atoms with Gasteiger partial charge in [0, 0.05) is 12.6 Å². The first-order chi connectivity index (χ1) is 14.5. The van der Waals surface area contributed by atoms with E-state index in [9.17, 15) is 9.59 Å². The summed E-state index contributed by atoms with van der Waals surface area (Å²) < 4.78 is 1.91. The highest BCUT2D eigenvalue weighted by Crippen LogP contribution is 2.20. The molecule has 0 radical (unpaired) electrons. The highest BCUT2D eigenvalue weighted by atomic mass is 32.2. The van der Waals surface area contributed by atoms with Gasteiger partial charge < -0.3 is 15.2 Å². The molecule has 0 aliphatic heterocycles. The second-order valence-corrected chi connectivity index (χ2v) is 7.93. The van der Waals surface area contributed by atoms with E-state index >= 15 is 0 Å². The van der Waals surface area contributed by atoms with Crippen LogP contribution in [0.3, 0.4) is 0 Å². The molecule has 0 aliphatic carbocycles. The topological polar surface area (TPSA) is 88.9 Å². The lowest BCUT2D eigenvalue weighted by Gasteiger charge is -2.12. The predicted octanol–water partition coefficient (Wildman–Crippen LogP) is 3.56. The fourth-order valence-corrected chi connectivity index (χ4v) is 3.70. The minimum absolute atomic E-state index is 0.176. The Kier molecular flexibility index (Phi) is 7.62. The van der Waals surface area contributed by atoms with Gasteiger partial charge in [0.2, 0.25) is 5.91 Å². The lowest BCUT2D eigenvalue weighted by Crippen LogP contribution is -2.27. The number of thioether (sulfide) groups is 1. The van der Waals surface area contributed by atoms with Gasteiger partial charge in [0.25, 0.3) is 5.91 Å². The molecular weight excluding hydrogens is 398 g/mol. The van der Waals surface area contributed by atoms with Gasteiger partial charge in [-0.1, -0.05) is 54.2 Å². The molecule has 0 unspecified atom stereocenters. The van der Waals surface area contributed by atoms with Crippen molar-refractivity contribution in [1.82, 2.24) is 20.1 Å². The smallest absolute Gasteiger partial charge is 0.253 e. The zero-order valence-electron chi connectivity index (χ0n) is 17.0. The van der Waals surface area contributed by atoms with E-state index in [2.05, 4.69) is 20.8 Å². The van der Waals surface area contributed by atoms with E-state index in [-0.39, 0.29) is 23.6 Å². The van der Waals surface area contributed by atoms with Crippen molar-refractivity contribution >= 4 is 29.3 Å². The Bertz CT molecular complexity index is 988.